The maximum Gasteiger partial charge on any atom is 0.408 e. The molecule has 6 nitrogen and oxygen atoms in total. The Hall–Kier alpha value is -2.50. The van der Waals surface area contributed by atoms with Crippen molar-refractivity contribution in [3.63, 3.8) is 0 Å². The fourth-order valence-electron chi connectivity index (χ4n) is 1.39. The van der Waals surface area contributed by atoms with Crippen LogP contribution < -0.4 is 5.32 Å². The molecule has 19 heavy (non-hydrogen) atoms. The van der Waals surface area contributed by atoms with Gasteiger partial charge in [-0.1, -0.05) is 24.8 Å². The standard InChI is InChI=1S/C13H15NO5/c1-2-7-19-13(18)14-11(12(16)17)8-9-3-5-10(15)6-4-9/h2-6,11,15H,1,7-8H2,(H,14,18)(H,16,17)/t11-/m1/s1. The Kier molecular flexibility index (Phi) is 5.40. The Morgan fingerprint density at radius 2 is 2.00 bits per heavy atom. The maximum absolute atomic E-state index is 11.3. The predicted molar refractivity (Wildman–Crippen MR) is 67.9 cm³/mol. The van der Waals surface area contributed by atoms with Crippen molar-refractivity contribution < 1.29 is 24.5 Å². The van der Waals surface area contributed by atoms with Crippen molar-refractivity contribution in [3.05, 3.63) is 42.5 Å². The minimum absolute atomic E-state index is 0.0113. The van der Waals surface area contributed by atoms with E-state index in [4.69, 9.17) is 10.2 Å². The first-order chi connectivity index (χ1) is 9.02. The number of benzene rings is 1. The second kappa shape index (κ2) is 7.05. The molecule has 0 unspecified atom stereocenters. The van der Waals surface area contributed by atoms with Crippen LogP contribution in [-0.4, -0.2) is 34.9 Å². The van der Waals surface area contributed by atoms with Crippen LogP contribution in [-0.2, 0) is 16.0 Å². The van der Waals surface area contributed by atoms with Crippen molar-refractivity contribution in [3.8, 4) is 5.75 Å². The van der Waals surface area contributed by atoms with Crippen LogP contribution in [0.1, 0.15) is 5.56 Å². The van der Waals surface area contributed by atoms with Crippen LogP contribution >= 0.6 is 0 Å². The summed E-state index contributed by atoms with van der Waals surface area (Å²) < 4.78 is 4.66. The highest BCUT2D eigenvalue weighted by molar-refractivity contribution is 5.80. The van der Waals surface area contributed by atoms with Gasteiger partial charge in [-0.25, -0.2) is 9.59 Å². The van der Waals surface area contributed by atoms with Gasteiger partial charge < -0.3 is 20.3 Å². The van der Waals surface area contributed by atoms with Crippen molar-refractivity contribution >= 4 is 12.1 Å². The average Bonchev–Trinajstić information content (AvgIpc) is 2.38. The summed E-state index contributed by atoms with van der Waals surface area (Å²) in [5.74, 6) is -1.07. The smallest absolute Gasteiger partial charge is 0.408 e. The second-order valence-corrected chi connectivity index (χ2v) is 3.79. The van der Waals surface area contributed by atoms with E-state index in [9.17, 15) is 9.59 Å². The van der Waals surface area contributed by atoms with E-state index in [2.05, 4.69) is 16.6 Å². The van der Waals surface area contributed by atoms with Gasteiger partial charge in [-0.2, -0.15) is 0 Å². The van der Waals surface area contributed by atoms with Gasteiger partial charge in [0.1, 0.15) is 18.4 Å². The number of carboxylic acid groups (broad SMARTS) is 1. The molecular formula is C13H15NO5. The SMILES string of the molecule is C=CCOC(=O)N[C@H](Cc1ccc(O)cc1)C(=O)O. The molecule has 0 aliphatic carbocycles. The van der Waals surface area contributed by atoms with E-state index < -0.39 is 18.1 Å². The molecule has 0 spiro atoms. The molecule has 1 rings (SSSR count). The Morgan fingerprint density at radius 3 is 2.53 bits per heavy atom. The second-order valence-electron chi connectivity index (χ2n) is 3.79. The molecule has 1 aromatic rings. The number of carboxylic acids is 1. The molecule has 1 atom stereocenters. The zero-order valence-electron chi connectivity index (χ0n) is 10.2. The van der Waals surface area contributed by atoms with Crippen LogP contribution in [0.15, 0.2) is 36.9 Å². The van der Waals surface area contributed by atoms with Crippen molar-refractivity contribution in [1.29, 1.82) is 0 Å². The topological polar surface area (TPSA) is 95.9 Å². The first kappa shape index (κ1) is 14.6. The van der Waals surface area contributed by atoms with E-state index in [0.717, 1.165) is 0 Å². The van der Waals surface area contributed by atoms with Gasteiger partial charge in [-0.15, -0.1) is 0 Å². The van der Waals surface area contributed by atoms with Crippen molar-refractivity contribution in [2.45, 2.75) is 12.5 Å². The van der Waals surface area contributed by atoms with E-state index in [1.165, 1.54) is 18.2 Å². The number of nitrogens with one attached hydrogen (secondary N) is 1. The number of ether oxygens (including phenoxy) is 1. The molecule has 0 bridgehead atoms. The minimum Gasteiger partial charge on any atom is -0.508 e. The quantitative estimate of drug-likeness (QED) is 0.674. The molecule has 1 aromatic carbocycles. The molecule has 102 valence electrons. The summed E-state index contributed by atoms with van der Waals surface area (Å²) in [6.45, 7) is 3.39. The average molecular weight is 265 g/mol. The Balaban J connectivity index is 2.62. The molecule has 0 aromatic heterocycles. The highest BCUT2D eigenvalue weighted by atomic mass is 16.5. The number of carbonyl (C=O) groups is 2. The van der Waals surface area contributed by atoms with Gasteiger partial charge in [0.25, 0.3) is 0 Å². The number of aromatic hydroxyl groups is 1. The molecule has 0 fully saturated rings. The van der Waals surface area contributed by atoms with E-state index in [0.29, 0.717) is 5.56 Å². The minimum atomic E-state index is -1.16. The number of carbonyl (C=O) groups excluding carboxylic acids is 1. The summed E-state index contributed by atoms with van der Waals surface area (Å²) in [5, 5.41) is 20.4. The zero-order chi connectivity index (χ0) is 14.3. The molecule has 0 radical (unpaired) electrons. The van der Waals surface area contributed by atoms with Gasteiger partial charge in [0.15, 0.2) is 0 Å². The van der Waals surface area contributed by atoms with E-state index in [-0.39, 0.29) is 18.8 Å². The van der Waals surface area contributed by atoms with Crippen LogP contribution in [0.25, 0.3) is 0 Å². The first-order valence-corrected chi connectivity index (χ1v) is 5.58. The van der Waals surface area contributed by atoms with Gasteiger partial charge >= 0.3 is 12.1 Å². The van der Waals surface area contributed by atoms with Gasteiger partial charge in [-0.05, 0) is 17.7 Å². The Morgan fingerprint density at radius 1 is 1.37 bits per heavy atom. The molecule has 1 amide bonds. The maximum atomic E-state index is 11.3. The lowest BCUT2D eigenvalue weighted by atomic mass is 10.1. The summed E-state index contributed by atoms with van der Waals surface area (Å²) in [7, 11) is 0. The molecule has 0 aliphatic heterocycles. The Labute approximate surface area is 110 Å². The normalized spacial score (nSPS) is 11.4. The highest BCUT2D eigenvalue weighted by Gasteiger charge is 2.20. The number of alkyl carbamates (subject to hydrolysis) is 1. The fourth-order valence-corrected chi connectivity index (χ4v) is 1.39. The predicted octanol–water partition coefficient (Wildman–Crippen LogP) is 1.30. The summed E-state index contributed by atoms with van der Waals surface area (Å²) in [4.78, 5) is 22.3. The van der Waals surface area contributed by atoms with Crippen LogP contribution in [0.2, 0.25) is 0 Å². The van der Waals surface area contributed by atoms with Crippen LogP contribution in [0.4, 0.5) is 4.79 Å². The van der Waals surface area contributed by atoms with Gasteiger partial charge in [-0.3, -0.25) is 0 Å². The summed E-state index contributed by atoms with van der Waals surface area (Å²) >= 11 is 0. The summed E-state index contributed by atoms with van der Waals surface area (Å²) in [6.07, 6.45) is 0.666. The number of hydrogen-bond acceptors (Lipinski definition) is 4. The Bertz CT molecular complexity index is 455. The monoisotopic (exact) mass is 265 g/mol. The fraction of sp³-hybridized carbons (Fsp3) is 0.231. The van der Waals surface area contributed by atoms with Crippen LogP contribution in [0.3, 0.4) is 0 Å². The molecule has 0 aliphatic rings. The van der Waals surface area contributed by atoms with E-state index >= 15 is 0 Å². The number of rotatable bonds is 6. The molecule has 0 saturated heterocycles. The lowest BCUT2D eigenvalue weighted by molar-refractivity contribution is -0.139. The molecule has 6 heteroatoms. The first-order valence-electron chi connectivity index (χ1n) is 5.58. The molecule has 0 heterocycles. The van der Waals surface area contributed by atoms with Crippen molar-refractivity contribution in [2.24, 2.45) is 0 Å². The zero-order valence-corrected chi connectivity index (χ0v) is 10.2. The number of aliphatic carboxylic acids is 1. The summed E-state index contributed by atoms with van der Waals surface area (Å²) in [6, 6.07) is 4.97. The molecule has 0 saturated carbocycles. The van der Waals surface area contributed by atoms with Crippen molar-refractivity contribution in [2.75, 3.05) is 6.61 Å². The third-order valence-corrected chi connectivity index (χ3v) is 2.30. The van der Waals surface area contributed by atoms with Crippen LogP contribution in [0, 0.1) is 0 Å². The molecular weight excluding hydrogens is 250 g/mol. The number of phenols is 1. The van der Waals surface area contributed by atoms with Crippen LogP contribution in [0.5, 0.6) is 5.75 Å². The summed E-state index contributed by atoms with van der Waals surface area (Å²) in [5.41, 5.74) is 0.675. The van der Waals surface area contributed by atoms with Gasteiger partial charge in [0.05, 0.1) is 0 Å². The third-order valence-electron chi connectivity index (χ3n) is 2.30. The van der Waals surface area contributed by atoms with Crippen molar-refractivity contribution in [1.82, 2.24) is 5.32 Å². The number of amides is 1. The largest absolute Gasteiger partial charge is 0.508 e. The number of hydrogen-bond donors (Lipinski definition) is 3. The number of phenolic OH excluding ortho intramolecular Hbond substituents is 1. The molecule has 3 N–H and O–H groups in total. The van der Waals surface area contributed by atoms with Gasteiger partial charge in [0, 0.05) is 6.42 Å². The highest BCUT2D eigenvalue weighted by Crippen LogP contribution is 2.11. The third kappa shape index (κ3) is 5.12. The van der Waals surface area contributed by atoms with Gasteiger partial charge in [0.2, 0.25) is 0 Å². The lowest BCUT2D eigenvalue weighted by Crippen LogP contribution is -2.42. The van der Waals surface area contributed by atoms with E-state index in [1.807, 2.05) is 0 Å². The van der Waals surface area contributed by atoms with E-state index in [1.54, 1.807) is 12.1 Å². The lowest BCUT2D eigenvalue weighted by Gasteiger charge is -2.14.